The maximum atomic E-state index is 13.4. The van der Waals surface area contributed by atoms with Gasteiger partial charge in [0.15, 0.2) is 0 Å². The number of ether oxygens (including phenoxy) is 1. The molecule has 0 fully saturated rings. The summed E-state index contributed by atoms with van der Waals surface area (Å²) in [4.78, 5) is 0. The zero-order valence-corrected chi connectivity index (χ0v) is 12.2. The number of halogens is 1. The lowest BCUT2D eigenvalue weighted by Gasteiger charge is -2.18. The molecule has 0 bridgehead atoms. The summed E-state index contributed by atoms with van der Waals surface area (Å²) >= 11 is 0. The third kappa shape index (κ3) is 3.08. The van der Waals surface area contributed by atoms with E-state index in [2.05, 4.69) is 12.1 Å². The topological polar surface area (TPSA) is 35.2 Å². The van der Waals surface area contributed by atoms with Crippen molar-refractivity contribution in [2.45, 2.75) is 38.6 Å². The molecule has 2 N–H and O–H groups in total. The lowest BCUT2D eigenvalue weighted by atomic mass is 9.92. The number of nitrogens with two attached hydrogens (primary N) is 1. The summed E-state index contributed by atoms with van der Waals surface area (Å²) in [6, 6.07) is 10.4. The zero-order chi connectivity index (χ0) is 14.8. The maximum absolute atomic E-state index is 13.4. The summed E-state index contributed by atoms with van der Waals surface area (Å²) in [6.45, 7) is 1.83. The standard InChI is InChI=1S/C18H20FNO/c1-12(20)17-11-15(19)7-9-18(17)21-16-8-6-13-4-2-3-5-14(13)10-16/h6-12H,2-5,20H2,1H3. The molecule has 1 atom stereocenters. The van der Waals surface area contributed by atoms with Crippen molar-refractivity contribution in [2.24, 2.45) is 5.73 Å². The van der Waals surface area contributed by atoms with Gasteiger partial charge in [0.1, 0.15) is 17.3 Å². The molecule has 1 aliphatic rings. The van der Waals surface area contributed by atoms with Gasteiger partial charge in [-0.15, -0.1) is 0 Å². The van der Waals surface area contributed by atoms with E-state index in [1.54, 1.807) is 6.07 Å². The van der Waals surface area contributed by atoms with Gasteiger partial charge in [-0.1, -0.05) is 6.07 Å². The lowest BCUT2D eigenvalue weighted by Crippen LogP contribution is -2.07. The molecule has 0 saturated carbocycles. The van der Waals surface area contributed by atoms with E-state index in [9.17, 15) is 4.39 Å². The summed E-state index contributed by atoms with van der Waals surface area (Å²) in [7, 11) is 0. The largest absolute Gasteiger partial charge is 0.457 e. The van der Waals surface area contributed by atoms with Gasteiger partial charge < -0.3 is 10.5 Å². The van der Waals surface area contributed by atoms with E-state index in [4.69, 9.17) is 10.5 Å². The molecular formula is C18H20FNO. The second-order valence-corrected chi connectivity index (χ2v) is 5.71. The molecule has 0 aliphatic heterocycles. The van der Waals surface area contributed by atoms with E-state index in [1.165, 1.54) is 36.1 Å². The van der Waals surface area contributed by atoms with Crippen LogP contribution in [0.3, 0.4) is 0 Å². The van der Waals surface area contributed by atoms with Gasteiger partial charge in [0.25, 0.3) is 0 Å². The molecule has 2 aromatic rings. The lowest BCUT2D eigenvalue weighted by molar-refractivity contribution is 0.467. The molecule has 3 rings (SSSR count). The van der Waals surface area contributed by atoms with Crippen LogP contribution in [-0.2, 0) is 12.8 Å². The van der Waals surface area contributed by atoms with Crippen LogP contribution in [0.15, 0.2) is 36.4 Å². The number of rotatable bonds is 3. The molecule has 0 spiro atoms. The molecule has 0 amide bonds. The fourth-order valence-electron chi connectivity index (χ4n) is 2.87. The summed E-state index contributed by atoms with van der Waals surface area (Å²) in [6.07, 6.45) is 4.76. The van der Waals surface area contributed by atoms with Crippen LogP contribution in [0.5, 0.6) is 11.5 Å². The Morgan fingerprint density at radius 3 is 2.57 bits per heavy atom. The SMILES string of the molecule is CC(N)c1cc(F)ccc1Oc1ccc2c(c1)CCCC2. The molecular weight excluding hydrogens is 265 g/mol. The average molecular weight is 285 g/mol. The van der Waals surface area contributed by atoms with Gasteiger partial charge in [-0.2, -0.15) is 0 Å². The first-order valence-corrected chi connectivity index (χ1v) is 7.48. The van der Waals surface area contributed by atoms with Crippen LogP contribution >= 0.6 is 0 Å². The highest BCUT2D eigenvalue weighted by atomic mass is 19.1. The van der Waals surface area contributed by atoms with Gasteiger partial charge in [0.2, 0.25) is 0 Å². The van der Waals surface area contributed by atoms with Gasteiger partial charge in [-0.25, -0.2) is 4.39 Å². The molecule has 0 radical (unpaired) electrons. The number of fused-ring (bicyclic) bond motifs is 1. The Labute approximate surface area is 124 Å². The molecule has 1 unspecified atom stereocenters. The highest BCUT2D eigenvalue weighted by molar-refractivity contribution is 5.43. The number of hydrogen-bond acceptors (Lipinski definition) is 2. The van der Waals surface area contributed by atoms with Crippen molar-refractivity contribution < 1.29 is 9.13 Å². The van der Waals surface area contributed by atoms with E-state index >= 15 is 0 Å². The Hall–Kier alpha value is -1.87. The summed E-state index contributed by atoms with van der Waals surface area (Å²) in [5.74, 6) is 1.13. The normalized spacial score (nSPS) is 15.4. The maximum Gasteiger partial charge on any atom is 0.132 e. The third-order valence-electron chi connectivity index (χ3n) is 4.01. The Bertz CT molecular complexity index is 652. The molecule has 110 valence electrons. The van der Waals surface area contributed by atoms with Crippen molar-refractivity contribution in [1.82, 2.24) is 0 Å². The summed E-state index contributed by atoms with van der Waals surface area (Å²) in [5, 5.41) is 0. The van der Waals surface area contributed by atoms with Crippen LogP contribution in [0.25, 0.3) is 0 Å². The molecule has 3 heteroatoms. The predicted molar refractivity (Wildman–Crippen MR) is 82.2 cm³/mol. The third-order valence-corrected chi connectivity index (χ3v) is 4.01. The van der Waals surface area contributed by atoms with Crippen molar-refractivity contribution >= 4 is 0 Å². The number of aryl methyl sites for hydroxylation is 2. The van der Waals surface area contributed by atoms with Crippen molar-refractivity contribution in [3.63, 3.8) is 0 Å². The summed E-state index contributed by atoms with van der Waals surface area (Å²) < 4.78 is 19.3. The highest BCUT2D eigenvalue weighted by Crippen LogP contribution is 2.32. The van der Waals surface area contributed by atoms with E-state index in [0.29, 0.717) is 11.3 Å². The van der Waals surface area contributed by atoms with Gasteiger partial charge in [0.05, 0.1) is 0 Å². The van der Waals surface area contributed by atoms with Crippen LogP contribution < -0.4 is 10.5 Å². The first-order chi connectivity index (χ1) is 10.1. The molecule has 21 heavy (non-hydrogen) atoms. The van der Waals surface area contributed by atoms with E-state index in [1.807, 2.05) is 13.0 Å². The van der Waals surface area contributed by atoms with Gasteiger partial charge >= 0.3 is 0 Å². The van der Waals surface area contributed by atoms with Crippen LogP contribution in [0.1, 0.15) is 42.5 Å². The van der Waals surface area contributed by atoms with E-state index < -0.39 is 0 Å². The van der Waals surface area contributed by atoms with Crippen LogP contribution in [0.2, 0.25) is 0 Å². The summed E-state index contributed by atoms with van der Waals surface area (Å²) in [5.41, 5.74) is 9.37. The van der Waals surface area contributed by atoms with Gasteiger partial charge in [0, 0.05) is 11.6 Å². The van der Waals surface area contributed by atoms with Crippen molar-refractivity contribution in [3.05, 3.63) is 58.9 Å². The van der Waals surface area contributed by atoms with Crippen molar-refractivity contribution in [2.75, 3.05) is 0 Å². The Morgan fingerprint density at radius 1 is 1.05 bits per heavy atom. The van der Waals surface area contributed by atoms with E-state index in [0.717, 1.165) is 18.6 Å². The minimum Gasteiger partial charge on any atom is -0.457 e. The minimum atomic E-state index is -0.292. The minimum absolute atomic E-state index is 0.270. The second-order valence-electron chi connectivity index (χ2n) is 5.71. The Balaban J connectivity index is 1.90. The fourth-order valence-corrected chi connectivity index (χ4v) is 2.87. The number of hydrogen-bond donors (Lipinski definition) is 1. The first-order valence-electron chi connectivity index (χ1n) is 7.48. The number of benzene rings is 2. The smallest absolute Gasteiger partial charge is 0.132 e. The van der Waals surface area contributed by atoms with Crippen LogP contribution in [0, 0.1) is 5.82 Å². The fraction of sp³-hybridized carbons (Fsp3) is 0.333. The van der Waals surface area contributed by atoms with Crippen LogP contribution in [0.4, 0.5) is 4.39 Å². The predicted octanol–water partition coefficient (Wildman–Crippen LogP) is 4.52. The Morgan fingerprint density at radius 2 is 1.81 bits per heavy atom. The molecule has 0 saturated heterocycles. The quantitative estimate of drug-likeness (QED) is 0.900. The molecule has 2 nitrogen and oxygen atoms in total. The molecule has 0 heterocycles. The average Bonchev–Trinajstić information content (AvgIpc) is 2.49. The molecule has 2 aromatic carbocycles. The first kappa shape index (κ1) is 14.1. The highest BCUT2D eigenvalue weighted by Gasteiger charge is 2.13. The Kier molecular flexibility index (Phi) is 3.93. The van der Waals surface area contributed by atoms with Crippen molar-refractivity contribution in [3.8, 4) is 11.5 Å². The van der Waals surface area contributed by atoms with Gasteiger partial charge in [-0.3, -0.25) is 0 Å². The molecule has 0 aromatic heterocycles. The second kappa shape index (κ2) is 5.86. The van der Waals surface area contributed by atoms with Crippen molar-refractivity contribution in [1.29, 1.82) is 0 Å². The monoisotopic (exact) mass is 285 g/mol. The van der Waals surface area contributed by atoms with E-state index in [-0.39, 0.29) is 11.9 Å². The molecule has 1 aliphatic carbocycles. The zero-order valence-electron chi connectivity index (χ0n) is 12.2. The van der Waals surface area contributed by atoms with Gasteiger partial charge in [-0.05, 0) is 74.1 Å². The van der Waals surface area contributed by atoms with Crippen LogP contribution in [-0.4, -0.2) is 0 Å².